The summed E-state index contributed by atoms with van der Waals surface area (Å²) < 4.78 is 16.0. The summed E-state index contributed by atoms with van der Waals surface area (Å²) in [7, 11) is 1.93. The van der Waals surface area contributed by atoms with Crippen LogP contribution < -0.4 is 15.8 Å². The lowest BCUT2D eigenvalue weighted by Gasteiger charge is -2.33. The minimum absolute atomic E-state index is 0.147. The highest BCUT2D eigenvalue weighted by atomic mass is 19.1. The molecule has 5 nitrogen and oxygen atoms in total. The summed E-state index contributed by atoms with van der Waals surface area (Å²) in [6.07, 6.45) is 7.61. The molecule has 144 valence electrons. The van der Waals surface area contributed by atoms with Crippen LogP contribution in [0.1, 0.15) is 38.5 Å². The Kier molecular flexibility index (Phi) is 6.27. The van der Waals surface area contributed by atoms with Gasteiger partial charge >= 0.3 is 0 Å². The first-order chi connectivity index (χ1) is 13.0. The number of aryl methyl sites for hydroxylation is 1. The van der Waals surface area contributed by atoms with Crippen LogP contribution in [0, 0.1) is 5.82 Å². The van der Waals surface area contributed by atoms with Crippen LogP contribution in [0.25, 0.3) is 0 Å². The molecule has 1 N–H and O–H groups in total. The highest BCUT2D eigenvalue weighted by molar-refractivity contribution is 5.90. The number of hydrogen-bond acceptors (Lipinski definition) is 3. The van der Waals surface area contributed by atoms with Crippen molar-refractivity contribution in [3.8, 4) is 0 Å². The van der Waals surface area contributed by atoms with E-state index in [1.165, 1.54) is 36.0 Å². The molecule has 1 aliphatic carbocycles. The Morgan fingerprint density at radius 2 is 2.00 bits per heavy atom. The van der Waals surface area contributed by atoms with Gasteiger partial charge in [-0.15, -0.1) is 0 Å². The second-order valence-electron chi connectivity index (χ2n) is 7.10. The Morgan fingerprint density at radius 1 is 1.22 bits per heavy atom. The third kappa shape index (κ3) is 4.96. The van der Waals surface area contributed by atoms with Crippen molar-refractivity contribution < 1.29 is 9.18 Å². The summed E-state index contributed by atoms with van der Waals surface area (Å²) in [5.41, 5.74) is 0.848. The van der Waals surface area contributed by atoms with Crippen molar-refractivity contribution in [3.63, 3.8) is 0 Å². The molecule has 1 heterocycles. The molecule has 0 saturated heterocycles. The van der Waals surface area contributed by atoms with Crippen molar-refractivity contribution in [1.29, 1.82) is 0 Å². The molecule has 0 aliphatic heterocycles. The van der Waals surface area contributed by atoms with Crippen LogP contribution in [0.4, 0.5) is 15.8 Å². The number of pyridine rings is 1. The maximum absolute atomic E-state index is 14.6. The van der Waals surface area contributed by atoms with Gasteiger partial charge in [-0.05, 0) is 37.1 Å². The molecule has 1 aliphatic rings. The molecule has 1 aromatic carbocycles. The van der Waals surface area contributed by atoms with Crippen LogP contribution in [0.5, 0.6) is 0 Å². The van der Waals surface area contributed by atoms with Gasteiger partial charge in [-0.1, -0.05) is 25.3 Å². The van der Waals surface area contributed by atoms with Crippen molar-refractivity contribution in [2.75, 3.05) is 17.3 Å². The molecule has 0 bridgehead atoms. The fourth-order valence-electron chi connectivity index (χ4n) is 3.63. The van der Waals surface area contributed by atoms with Crippen LogP contribution in [0.3, 0.4) is 0 Å². The molecule has 0 atom stereocenters. The number of amides is 1. The highest BCUT2D eigenvalue weighted by Gasteiger charge is 2.20. The van der Waals surface area contributed by atoms with E-state index in [0.717, 1.165) is 12.8 Å². The van der Waals surface area contributed by atoms with Crippen LogP contribution >= 0.6 is 0 Å². The van der Waals surface area contributed by atoms with Crippen molar-refractivity contribution in [3.05, 3.63) is 58.8 Å². The number of anilines is 2. The molecule has 0 radical (unpaired) electrons. The van der Waals surface area contributed by atoms with Crippen molar-refractivity contribution in [2.24, 2.45) is 0 Å². The van der Waals surface area contributed by atoms with Crippen LogP contribution in [0.15, 0.2) is 47.4 Å². The minimum atomic E-state index is -0.333. The van der Waals surface area contributed by atoms with Crippen LogP contribution in [0.2, 0.25) is 0 Å². The van der Waals surface area contributed by atoms with Gasteiger partial charge in [0.1, 0.15) is 5.82 Å². The summed E-state index contributed by atoms with van der Waals surface area (Å²) in [6.45, 7) is 0.288. The number of carbonyl (C=O) groups excluding carboxylic acids is 1. The summed E-state index contributed by atoms with van der Waals surface area (Å²) in [6, 6.07) is 10.0. The zero-order chi connectivity index (χ0) is 19.2. The first kappa shape index (κ1) is 19.1. The smallest absolute Gasteiger partial charge is 0.250 e. The molecular formula is C21H26FN3O2. The third-order valence-corrected chi connectivity index (χ3v) is 5.21. The molecule has 0 unspecified atom stereocenters. The van der Waals surface area contributed by atoms with Crippen molar-refractivity contribution >= 4 is 17.3 Å². The Morgan fingerprint density at radius 3 is 2.70 bits per heavy atom. The van der Waals surface area contributed by atoms with Crippen LogP contribution in [-0.2, 0) is 11.3 Å². The fraction of sp³-hybridized carbons (Fsp3) is 0.429. The minimum Gasteiger partial charge on any atom is -0.369 e. The van der Waals surface area contributed by atoms with E-state index in [0.29, 0.717) is 17.4 Å². The molecule has 6 heteroatoms. The summed E-state index contributed by atoms with van der Waals surface area (Å²) >= 11 is 0. The Bertz CT molecular complexity index is 843. The predicted octanol–water partition coefficient (Wildman–Crippen LogP) is 3.79. The largest absolute Gasteiger partial charge is 0.369 e. The number of aromatic nitrogens is 1. The molecular weight excluding hydrogens is 345 g/mol. The van der Waals surface area contributed by atoms with E-state index >= 15 is 0 Å². The number of nitrogens with one attached hydrogen (secondary N) is 1. The third-order valence-electron chi connectivity index (χ3n) is 5.21. The van der Waals surface area contributed by atoms with Gasteiger partial charge in [0, 0.05) is 44.0 Å². The second-order valence-corrected chi connectivity index (χ2v) is 7.10. The van der Waals surface area contributed by atoms with Gasteiger partial charge in [0.2, 0.25) is 5.91 Å². The number of hydrogen-bond donors (Lipinski definition) is 1. The number of nitrogens with zero attached hydrogens (tertiary/aromatic N) is 2. The average molecular weight is 371 g/mol. The topological polar surface area (TPSA) is 54.3 Å². The van der Waals surface area contributed by atoms with E-state index in [1.807, 2.05) is 11.9 Å². The van der Waals surface area contributed by atoms with Gasteiger partial charge in [-0.2, -0.15) is 0 Å². The zero-order valence-electron chi connectivity index (χ0n) is 15.7. The van der Waals surface area contributed by atoms with Gasteiger partial charge in [0.25, 0.3) is 5.56 Å². The number of rotatable bonds is 6. The Hall–Kier alpha value is -2.63. The number of halogens is 1. The van der Waals surface area contributed by atoms with Gasteiger partial charge < -0.3 is 14.8 Å². The van der Waals surface area contributed by atoms with Crippen molar-refractivity contribution in [1.82, 2.24) is 4.57 Å². The molecule has 1 fully saturated rings. The summed E-state index contributed by atoms with van der Waals surface area (Å²) in [5, 5.41) is 2.71. The average Bonchev–Trinajstić information content (AvgIpc) is 2.68. The monoisotopic (exact) mass is 371 g/mol. The van der Waals surface area contributed by atoms with E-state index in [-0.39, 0.29) is 30.2 Å². The van der Waals surface area contributed by atoms with E-state index in [4.69, 9.17) is 0 Å². The maximum Gasteiger partial charge on any atom is 0.250 e. The summed E-state index contributed by atoms with van der Waals surface area (Å²) in [4.78, 5) is 25.8. The normalized spacial score (nSPS) is 14.7. The van der Waals surface area contributed by atoms with Crippen molar-refractivity contribution in [2.45, 2.75) is 51.1 Å². The lowest BCUT2D eigenvalue weighted by molar-refractivity contribution is -0.116. The molecule has 2 aromatic rings. The highest BCUT2D eigenvalue weighted by Crippen LogP contribution is 2.29. The maximum atomic E-state index is 14.6. The molecule has 0 spiro atoms. The standard InChI is InChI=1S/C21H26FN3O2/c1-24(17-7-3-2-4-8-17)19-11-10-16(15-18(19)22)23-20(26)12-14-25-13-6-5-9-21(25)27/h5-6,9-11,13,15,17H,2-4,7-8,12,14H2,1H3,(H,23,26). The lowest BCUT2D eigenvalue weighted by Crippen LogP contribution is -2.33. The first-order valence-corrected chi connectivity index (χ1v) is 9.52. The van der Waals surface area contributed by atoms with Gasteiger partial charge in [0.15, 0.2) is 0 Å². The van der Waals surface area contributed by atoms with E-state index < -0.39 is 0 Å². The number of carbonyl (C=O) groups is 1. The Labute approximate surface area is 158 Å². The first-order valence-electron chi connectivity index (χ1n) is 9.52. The van der Waals surface area contributed by atoms with Gasteiger partial charge in [-0.25, -0.2) is 4.39 Å². The Balaban J connectivity index is 1.59. The molecule has 1 saturated carbocycles. The molecule has 27 heavy (non-hydrogen) atoms. The van der Waals surface area contributed by atoms with E-state index in [2.05, 4.69) is 5.32 Å². The molecule has 3 rings (SSSR count). The van der Waals surface area contributed by atoms with Gasteiger partial charge in [-0.3, -0.25) is 9.59 Å². The van der Waals surface area contributed by atoms with E-state index in [9.17, 15) is 14.0 Å². The molecule has 1 amide bonds. The second kappa shape index (κ2) is 8.84. The van der Waals surface area contributed by atoms with E-state index in [1.54, 1.807) is 30.5 Å². The predicted molar refractivity (Wildman–Crippen MR) is 106 cm³/mol. The number of benzene rings is 1. The van der Waals surface area contributed by atoms with Gasteiger partial charge in [0.05, 0.1) is 5.69 Å². The van der Waals surface area contributed by atoms with Crippen LogP contribution in [-0.4, -0.2) is 23.6 Å². The SMILES string of the molecule is CN(c1ccc(NC(=O)CCn2ccccc2=O)cc1F)C1CCCCC1. The summed E-state index contributed by atoms with van der Waals surface area (Å²) in [5.74, 6) is -0.585. The zero-order valence-corrected chi connectivity index (χ0v) is 15.7. The quantitative estimate of drug-likeness (QED) is 0.841. The molecule has 1 aromatic heterocycles. The fourth-order valence-corrected chi connectivity index (χ4v) is 3.63. The lowest BCUT2D eigenvalue weighted by atomic mass is 9.94.